The third kappa shape index (κ3) is 2.24. The average Bonchev–Trinajstić information content (AvgIpc) is 2.72. The maximum Gasteiger partial charge on any atom is 0.151 e. The van der Waals surface area contributed by atoms with Gasteiger partial charge in [0.1, 0.15) is 0 Å². The van der Waals surface area contributed by atoms with Gasteiger partial charge < -0.3 is 10.6 Å². The highest BCUT2D eigenvalue weighted by Crippen LogP contribution is 2.37. The lowest BCUT2D eigenvalue weighted by atomic mass is 9.79. The molecule has 1 aliphatic carbocycles. The summed E-state index contributed by atoms with van der Waals surface area (Å²) in [6.45, 7) is 2.16. The van der Waals surface area contributed by atoms with Gasteiger partial charge in [-0.15, -0.1) is 10.2 Å². The quantitative estimate of drug-likeness (QED) is 0.827. The normalized spacial score (nSPS) is 32.6. The summed E-state index contributed by atoms with van der Waals surface area (Å²) in [5, 5.41) is 8.51. The fourth-order valence-electron chi connectivity index (χ4n) is 3.13. The number of hydrogen-bond donors (Lipinski definition) is 1. The van der Waals surface area contributed by atoms with Crippen LogP contribution in [0.4, 0.5) is 5.82 Å². The molecule has 0 aromatic carbocycles. The van der Waals surface area contributed by atoms with Gasteiger partial charge in [-0.1, -0.05) is 11.6 Å². The molecule has 92 valence electrons. The van der Waals surface area contributed by atoms with Gasteiger partial charge >= 0.3 is 0 Å². The Bertz CT molecular complexity index is 394. The van der Waals surface area contributed by atoms with Crippen LogP contribution >= 0.6 is 11.6 Å². The summed E-state index contributed by atoms with van der Waals surface area (Å²) >= 11 is 5.75. The Balaban J connectivity index is 1.73. The smallest absolute Gasteiger partial charge is 0.151 e. The molecule has 0 radical (unpaired) electrons. The number of anilines is 1. The molecule has 4 nitrogen and oxygen atoms in total. The summed E-state index contributed by atoms with van der Waals surface area (Å²) in [6.07, 6.45) is 3.58. The second kappa shape index (κ2) is 4.42. The summed E-state index contributed by atoms with van der Waals surface area (Å²) in [7, 11) is 0. The summed E-state index contributed by atoms with van der Waals surface area (Å²) in [5.74, 6) is 2.46. The predicted octanol–water partition coefficient (Wildman–Crippen LogP) is 1.69. The van der Waals surface area contributed by atoms with Gasteiger partial charge in [0.15, 0.2) is 11.0 Å². The number of aromatic nitrogens is 2. The minimum Gasteiger partial charge on any atom is -0.355 e. The highest BCUT2D eigenvalue weighted by Gasteiger charge is 2.37. The van der Waals surface area contributed by atoms with Gasteiger partial charge in [-0.25, -0.2) is 0 Å². The van der Waals surface area contributed by atoms with Crippen molar-refractivity contribution in [2.75, 3.05) is 18.0 Å². The molecule has 2 fully saturated rings. The zero-order valence-corrected chi connectivity index (χ0v) is 10.5. The van der Waals surface area contributed by atoms with E-state index in [1.54, 1.807) is 6.07 Å². The first-order chi connectivity index (χ1) is 8.22. The molecule has 2 aliphatic rings. The van der Waals surface area contributed by atoms with Crippen molar-refractivity contribution in [2.45, 2.75) is 25.3 Å². The molecule has 1 aromatic rings. The van der Waals surface area contributed by atoms with Gasteiger partial charge in [0, 0.05) is 19.1 Å². The molecule has 2 heterocycles. The minimum atomic E-state index is 0.396. The second-order valence-corrected chi connectivity index (χ2v) is 5.60. The maximum atomic E-state index is 6.03. The molecule has 5 heteroatoms. The lowest BCUT2D eigenvalue weighted by Crippen LogP contribution is -2.32. The van der Waals surface area contributed by atoms with E-state index in [1.807, 2.05) is 6.07 Å². The Kier molecular flexibility index (Phi) is 2.92. The Morgan fingerprint density at radius 3 is 2.76 bits per heavy atom. The number of nitrogens with two attached hydrogens (primary N) is 1. The Morgan fingerprint density at radius 2 is 2.00 bits per heavy atom. The fourth-order valence-corrected chi connectivity index (χ4v) is 3.23. The highest BCUT2D eigenvalue weighted by atomic mass is 35.5. The van der Waals surface area contributed by atoms with Crippen molar-refractivity contribution >= 4 is 17.4 Å². The molecule has 3 atom stereocenters. The molecule has 2 N–H and O–H groups in total. The van der Waals surface area contributed by atoms with Gasteiger partial charge in [0.05, 0.1) is 0 Å². The number of nitrogens with zero attached hydrogens (tertiary/aromatic N) is 3. The van der Waals surface area contributed by atoms with E-state index in [-0.39, 0.29) is 0 Å². The maximum absolute atomic E-state index is 6.03. The first-order valence-electron chi connectivity index (χ1n) is 6.22. The Hall–Kier alpha value is -0.870. The zero-order valence-electron chi connectivity index (χ0n) is 9.72. The van der Waals surface area contributed by atoms with Crippen molar-refractivity contribution in [1.82, 2.24) is 10.2 Å². The largest absolute Gasteiger partial charge is 0.355 e. The van der Waals surface area contributed by atoms with E-state index in [9.17, 15) is 0 Å². The fraction of sp³-hybridized carbons (Fsp3) is 0.667. The lowest BCUT2D eigenvalue weighted by Gasteiger charge is -2.27. The van der Waals surface area contributed by atoms with Crippen LogP contribution in [0.25, 0.3) is 0 Å². The van der Waals surface area contributed by atoms with Crippen LogP contribution in [0.15, 0.2) is 12.1 Å². The monoisotopic (exact) mass is 252 g/mol. The van der Waals surface area contributed by atoms with E-state index in [4.69, 9.17) is 17.3 Å². The molecule has 1 aliphatic heterocycles. The van der Waals surface area contributed by atoms with Crippen LogP contribution in [0.2, 0.25) is 5.15 Å². The Labute approximate surface area is 106 Å². The van der Waals surface area contributed by atoms with Crippen LogP contribution in [-0.4, -0.2) is 29.3 Å². The van der Waals surface area contributed by atoms with Crippen molar-refractivity contribution in [3.05, 3.63) is 17.3 Å². The third-order valence-electron chi connectivity index (χ3n) is 4.03. The number of fused-ring (bicyclic) bond motifs is 1. The first-order valence-corrected chi connectivity index (χ1v) is 6.60. The summed E-state index contributed by atoms with van der Waals surface area (Å²) in [4.78, 5) is 2.32. The van der Waals surface area contributed by atoms with Crippen LogP contribution < -0.4 is 10.6 Å². The topological polar surface area (TPSA) is 55.0 Å². The van der Waals surface area contributed by atoms with Gasteiger partial charge in [0.25, 0.3) is 0 Å². The molecule has 1 unspecified atom stereocenters. The Morgan fingerprint density at radius 1 is 1.18 bits per heavy atom. The van der Waals surface area contributed by atoms with Gasteiger partial charge in [-0.3, -0.25) is 0 Å². The molecule has 0 bridgehead atoms. The molecule has 1 aromatic heterocycles. The van der Waals surface area contributed by atoms with Crippen molar-refractivity contribution in [2.24, 2.45) is 17.6 Å². The standard InChI is InChI=1S/C12H17ClN4/c13-11-3-4-12(16-15-11)17-6-8-1-2-10(14)5-9(8)7-17/h3-4,8-10H,1-2,5-7,14H2/t8-,9+,10?/m1/s1. The second-order valence-electron chi connectivity index (χ2n) is 5.21. The van der Waals surface area contributed by atoms with Crippen molar-refractivity contribution in [3.8, 4) is 0 Å². The third-order valence-corrected chi connectivity index (χ3v) is 4.23. The number of hydrogen-bond acceptors (Lipinski definition) is 4. The van der Waals surface area contributed by atoms with Crippen LogP contribution in [0.3, 0.4) is 0 Å². The van der Waals surface area contributed by atoms with E-state index in [0.29, 0.717) is 11.2 Å². The molecular formula is C12H17ClN4. The van der Waals surface area contributed by atoms with E-state index < -0.39 is 0 Å². The number of rotatable bonds is 1. The van der Waals surface area contributed by atoms with E-state index >= 15 is 0 Å². The molecule has 0 amide bonds. The SMILES string of the molecule is NC1CC[C@@H]2CN(c3ccc(Cl)nn3)C[C@@H]2C1. The van der Waals surface area contributed by atoms with Gasteiger partial charge in [0.2, 0.25) is 0 Å². The molecule has 0 spiro atoms. The molecular weight excluding hydrogens is 236 g/mol. The zero-order chi connectivity index (χ0) is 11.8. The summed E-state index contributed by atoms with van der Waals surface area (Å²) in [5.41, 5.74) is 6.03. The van der Waals surface area contributed by atoms with Crippen LogP contribution in [-0.2, 0) is 0 Å². The highest BCUT2D eigenvalue weighted by molar-refractivity contribution is 6.29. The summed E-state index contributed by atoms with van der Waals surface area (Å²) < 4.78 is 0. The molecule has 17 heavy (non-hydrogen) atoms. The average molecular weight is 253 g/mol. The molecule has 1 saturated carbocycles. The van der Waals surface area contributed by atoms with Crippen LogP contribution in [0, 0.1) is 11.8 Å². The minimum absolute atomic E-state index is 0.396. The van der Waals surface area contributed by atoms with Crippen molar-refractivity contribution in [3.63, 3.8) is 0 Å². The molecule has 3 rings (SSSR count). The van der Waals surface area contributed by atoms with Crippen LogP contribution in [0.1, 0.15) is 19.3 Å². The lowest BCUT2D eigenvalue weighted by molar-refractivity contribution is 0.271. The van der Waals surface area contributed by atoms with Crippen molar-refractivity contribution < 1.29 is 0 Å². The van der Waals surface area contributed by atoms with E-state index in [1.165, 1.54) is 12.8 Å². The van der Waals surface area contributed by atoms with Gasteiger partial charge in [-0.05, 0) is 43.2 Å². The number of halogens is 1. The molecule has 1 saturated heterocycles. The van der Waals surface area contributed by atoms with E-state index in [2.05, 4.69) is 15.1 Å². The predicted molar refractivity (Wildman–Crippen MR) is 68.1 cm³/mol. The summed E-state index contributed by atoms with van der Waals surface area (Å²) in [6, 6.07) is 4.15. The van der Waals surface area contributed by atoms with Crippen molar-refractivity contribution in [1.29, 1.82) is 0 Å². The van der Waals surface area contributed by atoms with E-state index in [0.717, 1.165) is 37.2 Å². The first kappa shape index (κ1) is 11.2. The van der Waals surface area contributed by atoms with Crippen LogP contribution in [0.5, 0.6) is 0 Å². The van der Waals surface area contributed by atoms with Gasteiger partial charge in [-0.2, -0.15) is 0 Å².